The standard InChI is InChI=1S/C11H14BrNO2/c1-8(15)13(2)11(7-14)9-3-5-10(12)6-4-9/h3-6,11,14H,7H2,1-2H3. The fourth-order valence-electron chi connectivity index (χ4n) is 1.36. The van der Waals surface area contributed by atoms with Crippen molar-refractivity contribution >= 4 is 21.8 Å². The molecule has 0 aliphatic carbocycles. The third kappa shape index (κ3) is 3.04. The van der Waals surface area contributed by atoms with Crippen LogP contribution in [0.2, 0.25) is 0 Å². The normalized spacial score (nSPS) is 12.3. The van der Waals surface area contributed by atoms with Crippen LogP contribution in [0, 0.1) is 0 Å². The highest BCUT2D eigenvalue weighted by atomic mass is 79.9. The lowest BCUT2D eigenvalue weighted by Gasteiger charge is -2.25. The van der Waals surface area contributed by atoms with E-state index in [0.717, 1.165) is 10.0 Å². The first-order chi connectivity index (χ1) is 7.06. The van der Waals surface area contributed by atoms with Gasteiger partial charge in [-0.2, -0.15) is 0 Å². The van der Waals surface area contributed by atoms with Gasteiger partial charge in [-0.05, 0) is 17.7 Å². The molecule has 0 saturated heterocycles. The van der Waals surface area contributed by atoms with Crippen LogP contribution in [0.4, 0.5) is 0 Å². The second kappa shape index (κ2) is 5.28. The molecule has 0 aliphatic heterocycles. The van der Waals surface area contributed by atoms with Gasteiger partial charge >= 0.3 is 0 Å². The Bertz CT molecular complexity index is 337. The second-order valence-electron chi connectivity index (χ2n) is 3.38. The summed E-state index contributed by atoms with van der Waals surface area (Å²) in [4.78, 5) is 12.7. The maximum absolute atomic E-state index is 11.2. The molecule has 0 spiro atoms. The van der Waals surface area contributed by atoms with E-state index in [-0.39, 0.29) is 18.6 Å². The minimum absolute atomic E-state index is 0.0584. The maximum atomic E-state index is 11.2. The lowest BCUT2D eigenvalue weighted by molar-refractivity contribution is -0.130. The monoisotopic (exact) mass is 271 g/mol. The van der Waals surface area contributed by atoms with Gasteiger partial charge in [-0.15, -0.1) is 0 Å². The van der Waals surface area contributed by atoms with Crippen molar-refractivity contribution in [3.8, 4) is 0 Å². The van der Waals surface area contributed by atoms with Crippen molar-refractivity contribution in [2.24, 2.45) is 0 Å². The Morgan fingerprint density at radius 3 is 2.40 bits per heavy atom. The summed E-state index contributed by atoms with van der Waals surface area (Å²) in [5.41, 5.74) is 0.929. The number of aliphatic hydroxyl groups excluding tert-OH is 1. The van der Waals surface area contributed by atoms with Crippen LogP contribution in [-0.2, 0) is 4.79 Å². The summed E-state index contributed by atoms with van der Waals surface area (Å²) < 4.78 is 0.980. The van der Waals surface area contributed by atoms with Gasteiger partial charge in [0.15, 0.2) is 0 Å². The Balaban J connectivity index is 2.92. The molecule has 0 fully saturated rings. The second-order valence-corrected chi connectivity index (χ2v) is 4.30. The Morgan fingerprint density at radius 2 is 2.00 bits per heavy atom. The summed E-state index contributed by atoms with van der Waals surface area (Å²) in [5.74, 6) is -0.0584. The predicted octanol–water partition coefficient (Wildman–Crippen LogP) is 1.96. The van der Waals surface area contributed by atoms with Crippen LogP contribution < -0.4 is 0 Å². The van der Waals surface area contributed by atoms with Crippen molar-refractivity contribution in [3.63, 3.8) is 0 Å². The van der Waals surface area contributed by atoms with Gasteiger partial charge in [-0.25, -0.2) is 0 Å². The van der Waals surface area contributed by atoms with Crippen LogP contribution in [-0.4, -0.2) is 29.6 Å². The van der Waals surface area contributed by atoms with E-state index >= 15 is 0 Å². The quantitative estimate of drug-likeness (QED) is 0.913. The molecule has 1 aromatic carbocycles. The number of amides is 1. The number of benzene rings is 1. The van der Waals surface area contributed by atoms with Gasteiger partial charge in [0.2, 0.25) is 5.91 Å². The number of hydrogen-bond donors (Lipinski definition) is 1. The molecular weight excluding hydrogens is 258 g/mol. The summed E-state index contributed by atoms with van der Waals surface area (Å²) in [6.07, 6.45) is 0. The van der Waals surface area contributed by atoms with Gasteiger partial charge in [-0.3, -0.25) is 4.79 Å². The van der Waals surface area contributed by atoms with Crippen molar-refractivity contribution in [2.45, 2.75) is 13.0 Å². The molecule has 0 heterocycles. The Labute approximate surface area is 97.8 Å². The van der Waals surface area contributed by atoms with Crippen LogP contribution in [0.1, 0.15) is 18.5 Å². The van der Waals surface area contributed by atoms with Gasteiger partial charge in [0.25, 0.3) is 0 Å². The number of aliphatic hydroxyl groups is 1. The van der Waals surface area contributed by atoms with Gasteiger partial charge in [0.1, 0.15) is 0 Å². The molecule has 0 saturated carbocycles. The molecule has 0 aliphatic rings. The lowest BCUT2D eigenvalue weighted by atomic mass is 10.1. The van der Waals surface area contributed by atoms with E-state index in [0.29, 0.717) is 0 Å². The number of likely N-dealkylation sites (N-methyl/N-ethyl adjacent to an activating group) is 1. The van der Waals surface area contributed by atoms with E-state index in [9.17, 15) is 9.90 Å². The minimum Gasteiger partial charge on any atom is -0.394 e. The van der Waals surface area contributed by atoms with Crippen LogP contribution in [0.3, 0.4) is 0 Å². The van der Waals surface area contributed by atoms with Crippen LogP contribution in [0.25, 0.3) is 0 Å². The highest BCUT2D eigenvalue weighted by Crippen LogP contribution is 2.21. The minimum atomic E-state index is -0.268. The first kappa shape index (κ1) is 12.2. The smallest absolute Gasteiger partial charge is 0.219 e. The Morgan fingerprint density at radius 1 is 1.47 bits per heavy atom. The highest BCUT2D eigenvalue weighted by Gasteiger charge is 2.17. The van der Waals surface area contributed by atoms with Gasteiger partial charge in [0.05, 0.1) is 12.6 Å². The van der Waals surface area contributed by atoms with Crippen LogP contribution in [0.5, 0.6) is 0 Å². The molecule has 1 unspecified atom stereocenters. The molecule has 0 radical (unpaired) electrons. The Kier molecular flexibility index (Phi) is 4.29. The van der Waals surface area contributed by atoms with Crippen molar-refractivity contribution in [2.75, 3.05) is 13.7 Å². The van der Waals surface area contributed by atoms with Crippen molar-refractivity contribution in [3.05, 3.63) is 34.3 Å². The summed E-state index contributed by atoms with van der Waals surface area (Å²) in [6.45, 7) is 1.42. The van der Waals surface area contributed by atoms with E-state index in [1.165, 1.54) is 11.8 Å². The molecular formula is C11H14BrNO2. The molecule has 1 aromatic rings. The van der Waals surface area contributed by atoms with Crippen molar-refractivity contribution in [1.82, 2.24) is 4.90 Å². The lowest BCUT2D eigenvalue weighted by Crippen LogP contribution is -2.31. The molecule has 82 valence electrons. The maximum Gasteiger partial charge on any atom is 0.219 e. The predicted molar refractivity (Wildman–Crippen MR) is 62.4 cm³/mol. The number of carbonyl (C=O) groups is 1. The summed E-state index contributed by atoms with van der Waals surface area (Å²) in [5, 5.41) is 9.26. The molecule has 1 amide bonds. The molecule has 3 nitrogen and oxygen atoms in total. The topological polar surface area (TPSA) is 40.5 Å². The summed E-state index contributed by atoms with van der Waals surface area (Å²) in [6, 6.07) is 7.31. The van der Waals surface area contributed by atoms with Gasteiger partial charge in [0, 0.05) is 18.4 Å². The van der Waals surface area contributed by atoms with Gasteiger partial charge in [-0.1, -0.05) is 28.1 Å². The van der Waals surface area contributed by atoms with E-state index in [1.54, 1.807) is 7.05 Å². The summed E-state index contributed by atoms with van der Waals surface area (Å²) in [7, 11) is 1.69. The zero-order valence-corrected chi connectivity index (χ0v) is 10.4. The van der Waals surface area contributed by atoms with Gasteiger partial charge < -0.3 is 10.0 Å². The first-order valence-electron chi connectivity index (χ1n) is 4.66. The number of rotatable bonds is 3. The number of hydrogen-bond acceptors (Lipinski definition) is 2. The van der Waals surface area contributed by atoms with E-state index in [4.69, 9.17) is 0 Å². The molecule has 0 aromatic heterocycles. The van der Waals surface area contributed by atoms with Crippen LogP contribution >= 0.6 is 15.9 Å². The molecule has 15 heavy (non-hydrogen) atoms. The number of carbonyl (C=O) groups excluding carboxylic acids is 1. The average Bonchev–Trinajstić information content (AvgIpc) is 2.21. The molecule has 1 N–H and O–H groups in total. The largest absolute Gasteiger partial charge is 0.394 e. The van der Waals surface area contributed by atoms with E-state index < -0.39 is 0 Å². The third-order valence-electron chi connectivity index (χ3n) is 2.39. The average molecular weight is 272 g/mol. The number of halogens is 1. The molecule has 1 rings (SSSR count). The Hall–Kier alpha value is -0.870. The zero-order valence-electron chi connectivity index (χ0n) is 8.77. The van der Waals surface area contributed by atoms with E-state index in [1.807, 2.05) is 24.3 Å². The fraction of sp³-hybridized carbons (Fsp3) is 0.364. The SMILES string of the molecule is CC(=O)N(C)C(CO)c1ccc(Br)cc1. The highest BCUT2D eigenvalue weighted by molar-refractivity contribution is 9.10. The number of nitrogens with zero attached hydrogens (tertiary/aromatic N) is 1. The molecule has 1 atom stereocenters. The molecule has 0 bridgehead atoms. The van der Waals surface area contributed by atoms with Crippen molar-refractivity contribution < 1.29 is 9.90 Å². The first-order valence-corrected chi connectivity index (χ1v) is 5.45. The van der Waals surface area contributed by atoms with Crippen molar-refractivity contribution in [1.29, 1.82) is 0 Å². The zero-order chi connectivity index (χ0) is 11.4. The summed E-state index contributed by atoms with van der Waals surface area (Å²) >= 11 is 3.34. The molecule has 4 heteroatoms. The van der Waals surface area contributed by atoms with Crippen LogP contribution in [0.15, 0.2) is 28.7 Å². The fourth-order valence-corrected chi connectivity index (χ4v) is 1.62. The van der Waals surface area contributed by atoms with E-state index in [2.05, 4.69) is 15.9 Å². The third-order valence-corrected chi connectivity index (χ3v) is 2.92.